The van der Waals surface area contributed by atoms with Gasteiger partial charge in [0.1, 0.15) is 10.1 Å². The van der Waals surface area contributed by atoms with E-state index >= 15 is 0 Å². The number of rotatable bonds is 4. The largest absolute Gasteiger partial charge is 1.00 e. The molecule has 0 heterocycles. The smallest absolute Gasteiger partial charge is 0.744 e. The second-order valence-corrected chi connectivity index (χ2v) is 5.82. The van der Waals surface area contributed by atoms with Crippen LogP contribution in [0.4, 0.5) is 0 Å². The molecule has 0 fully saturated rings. The molecule has 9 heteroatoms. The fourth-order valence-electron chi connectivity index (χ4n) is 0.900. The number of carbonyl (C=O) groups excluding carboxylic acids is 1. The van der Waals surface area contributed by atoms with Gasteiger partial charge in [0.05, 0.1) is 7.11 Å². The third-order valence-electron chi connectivity index (χ3n) is 2.13. The van der Waals surface area contributed by atoms with Crippen LogP contribution in [0.25, 0.3) is 6.08 Å². The number of esters is 1. The molecule has 0 saturated heterocycles. The van der Waals surface area contributed by atoms with Crippen LogP contribution in [-0.2, 0) is 24.4 Å². The van der Waals surface area contributed by atoms with Crippen molar-refractivity contribution < 1.29 is 62.0 Å². The molecule has 1 aromatic rings. The van der Waals surface area contributed by atoms with Crippen molar-refractivity contribution in [1.82, 2.24) is 0 Å². The maximum absolute atomic E-state index is 10.2. The van der Waals surface area contributed by atoms with Gasteiger partial charge in [0.15, 0.2) is 0 Å². The van der Waals surface area contributed by atoms with Crippen molar-refractivity contribution in [3.63, 3.8) is 0 Å². The molecule has 0 unspecified atom stereocenters. The summed E-state index contributed by atoms with van der Waals surface area (Å²) in [4.78, 5) is 19.8. The second-order valence-electron chi connectivity index (χ2n) is 4.56. The monoisotopic (exact) mass is 392 g/mol. The van der Waals surface area contributed by atoms with Crippen molar-refractivity contribution in [2.45, 2.75) is 13.8 Å². The Morgan fingerprint density at radius 3 is 1.77 bits per heavy atom. The normalized spacial score (nSPS) is 9.38. The number of carbonyl (C=O) groups is 2. The van der Waals surface area contributed by atoms with Crippen LogP contribution >= 0.6 is 0 Å². The molecule has 0 saturated carbocycles. The fraction of sp³-hybridized carbons (Fsp3) is 0.176. The molecule has 0 aliphatic rings. The Morgan fingerprint density at radius 1 is 1.12 bits per heavy atom. The molecule has 1 aromatic carbocycles. The summed E-state index contributed by atoms with van der Waals surface area (Å²) in [5.74, 6) is -1.28. The van der Waals surface area contributed by atoms with Crippen LogP contribution in [0.2, 0.25) is 0 Å². The molecule has 0 spiro atoms. The summed E-state index contributed by atoms with van der Waals surface area (Å²) >= 11 is 0. The predicted octanol–water partition coefficient (Wildman–Crippen LogP) is -0.411. The number of hydrogen-bond acceptors (Lipinski definition) is 6. The number of methoxy groups -OCH3 is 1. The Bertz CT molecular complexity index is 711. The van der Waals surface area contributed by atoms with E-state index in [4.69, 9.17) is 5.11 Å². The number of carboxylic acid groups (broad SMARTS) is 1. The summed E-state index contributed by atoms with van der Waals surface area (Å²) in [6.07, 6.45) is 1.27. The van der Waals surface area contributed by atoms with Gasteiger partial charge in [0, 0.05) is 16.6 Å². The summed E-state index contributed by atoms with van der Waals surface area (Å²) < 4.78 is 34.8. The first-order valence-electron chi connectivity index (χ1n) is 6.72. The maximum Gasteiger partial charge on any atom is 1.00 e. The van der Waals surface area contributed by atoms with Gasteiger partial charge >= 0.3 is 41.5 Å². The van der Waals surface area contributed by atoms with Gasteiger partial charge in [0.25, 0.3) is 0 Å². The first kappa shape index (κ1) is 29.1. The topological polar surface area (TPSA) is 121 Å². The van der Waals surface area contributed by atoms with Crippen LogP contribution in [0.15, 0.2) is 60.0 Å². The van der Waals surface area contributed by atoms with E-state index in [0.717, 1.165) is 0 Å². The number of carboxylic acids is 1. The molecule has 0 aromatic heterocycles. The summed E-state index contributed by atoms with van der Waals surface area (Å²) in [7, 11) is -2.92. The third kappa shape index (κ3) is 20.3. The summed E-state index contributed by atoms with van der Waals surface area (Å²) in [5, 5.41) is 8.53. The van der Waals surface area contributed by atoms with Crippen LogP contribution in [-0.4, -0.2) is 37.1 Å². The van der Waals surface area contributed by atoms with Crippen LogP contribution in [0.1, 0.15) is 19.4 Å². The van der Waals surface area contributed by atoms with Gasteiger partial charge in [-0.15, -0.1) is 0 Å². The van der Waals surface area contributed by atoms with Crippen LogP contribution in [0.5, 0.6) is 0 Å². The average molecular weight is 392 g/mol. The Hall–Kier alpha value is -1.71. The molecule has 1 N–H and O–H groups in total. The molecule has 26 heavy (non-hydrogen) atoms. The zero-order chi connectivity index (χ0) is 20.0. The minimum absolute atomic E-state index is 0. The zero-order valence-corrected chi connectivity index (χ0v) is 18.1. The molecule has 0 radical (unpaired) electrons. The van der Waals surface area contributed by atoms with Gasteiger partial charge < -0.3 is 14.4 Å². The molecule has 0 amide bonds. The van der Waals surface area contributed by atoms with Crippen LogP contribution in [0.3, 0.4) is 0 Å². The van der Waals surface area contributed by atoms with E-state index in [-0.39, 0.29) is 41.1 Å². The van der Waals surface area contributed by atoms with Crippen LogP contribution in [0, 0.1) is 0 Å². The first-order chi connectivity index (χ1) is 11.4. The van der Waals surface area contributed by atoms with E-state index < -0.39 is 16.1 Å². The number of aliphatic carboxylic acids is 1. The van der Waals surface area contributed by atoms with Crippen molar-refractivity contribution in [3.8, 4) is 0 Å². The van der Waals surface area contributed by atoms with E-state index in [2.05, 4.69) is 17.9 Å². The number of hydrogen-bond donors (Lipinski definition) is 1. The van der Waals surface area contributed by atoms with E-state index in [1.165, 1.54) is 20.1 Å². The van der Waals surface area contributed by atoms with Gasteiger partial charge in [0.2, 0.25) is 0 Å². The van der Waals surface area contributed by atoms with E-state index in [0.29, 0.717) is 16.5 Å². The quantitative estimate of drug-likeness (QED) is 0.320. The molecular formula is C17H21NaO7S. The maximum atomic E-state index is 10.2. The van der Waals surface area contributed by atoms with Crippen molar-refractivity contribution >= 4 is 28.1 Å². The minimum Gasteiger partial charge on any atom is -0.744 e. The average Bonchev–Trinajstić information content (AvgIpc) is 2.53. The number of ether oxygens (including phenoxy) is 1. The minimum atomic E-state index is -4.25. The molecular weight excluding hydrogens is 371 g/mol. The molecule has 0 bridgehead atoms. The molecule has 138 valence electrons. The zero-order valence-electron chi connectivity index (χ0n) is 15.3. The summed E-state index contributed by atoms with van der Waals surface area (Å²) in [5.41, 5.74) is 1.30. The van der Waals surface area contributed by atoms with E-state index in [1.807, 2.05) is 6.07 Å². The van der Waals surface area contributed by atoms with Gasteiger partial charge in [-0.25, -0.2) is 18.0 Å². The SMILES string of the molecule is C=C(C)C(=O)O.C=C(C)C(=O)OC.O=S(=O)([O-])C=Cc1ccccc1.[Na+]. The summed E-state index contributed by atoms with van der Waals surface area (Å²) in [6, 6.07) is 8.75. The third-order valence-corrected chi connectivity index (χ3v) is 2.60. The molecule has 7 nitrogen and oxygen atoms in total. The molecule has 1 rings (SSSR count). The summed E-state index contributed by atoms with van der Waals surface area (Å²) in [6.45, 7) is 9.56. The first-order valence-corrected chi connectivity index (χ1v) is 8.19. The Labute approximate surface area is 176 Å². The molecule has 0 atom stereocenters. The van der Waals surface area contributed by atoms with Gasteiger partial charge in [-0.1, -0.05) is 43.5 Å². The van der Waals surface area contributed by atoms with Gasteiger partial charge in [-0.3, -0.25) is 0 Å². The Morgan fingerprint density at radius 2 is 1.54 bits per heavy atom. The van der Waals surface area contributed by atoms with E-state index in [1.54, 1.807) is 31.2 Å². The molecule has 0 aliphatic heterocycles. The number of benzene rings is 1. The Kier molecular flexibility index (Phi) is 17.4. The van der Waals surface area contributed by atoms with Gasteiger partial charge in [-0.05, 0) is 25.5 Å². The Balaban J connectivity index is -0.000000327. The van der Waals surface area contributed by atoms with Crippen molar-refractivity contribution in [2.24, 2.45) is 0 Å². The van der Waals surface area contributed by atoms with Crippen molar-refractivity contribution in [2.75, 3.05) is 7.11 Å². The van der Waals surface area contributed by atoms with E-state index in [9.17, 15) is 22.6 Å². The fourth-order valence-corrected chi connectivity index (χ4v) is 1.22. The molecule has 0 aliphatic carbocycles. The van der Waals surface area contributed by atoms with Crippen molar-refractivity contribution in [3.05, 3.63) is 65.6 Å². The van der Waals surface area contributed by atoms with Gasteiger partial charge in [-0.2, -0.15) is 0 Å². The second kappa shape index (κ2) is 15.5. The standard InChI is InChI=1S/C8H8O3S.C5H8O2.C4H6O2.Na/c9-12(10,11)7-6-8-4-2-1-3-5-8;1-4(2)5(6)7-3;1-3(2)4(5)6;/h1-7H,(H,9,10,11);1H2,2-3H3;1H2,2H3,(H,5,6);/q;;;+1/p-1. The predicted molar refractivity (Wildman–Crippen MR) is 94.5 cm³/mol. The van der Waals surface area contributed by atoms with Crippen LogP contribution < -0.4 is 29.6 Å². The van der Waals surface area contributed by atoms with Crippen molar-refractivity contribution in [1.29, 1.82) is 0 Å².